The van der Waals surface area contributed by atoms with Crippen LogP contribution in [0.1, 0.15) is 56.9 Å². The fraction of sp³-hybridized carbons (Fsp3) is 0.467. The van der Waals surface area contributed by atoms with Crippen LogP contribution in [-0.2, 0) is 20.9 Å². The minimum absolute atomic E-state index is 0.0453. The van der Waals surface area contributed by atoms with Crippen molar-refractivity contribution >= 4 is 11.7 Å². The predicted octanol–water partition coefficient (Wildman–Crippen LogP) is 5.28. The number of piperidine rings is 1. The Kier molecular flexibility index (Phi) is 9.27. The molecule has 5 heteroatoms. The fourth-order valence-electron chi connectivity index (χ4n) is 5.44. The quantitative estimate of drug-likeness (QED) is 0.355. The number of benzene rings is 2. The second-order valence-electron chi connectivity index (χ2n) is 9.85. The van der Waals surface area contributed by atoms with Crippen LogP contribution < -0.4 is 5.73 Å². The smallest absolute Gasteiger partial charge is 0.217 e. The van der Waals surface area contributed by atoms with Crippen molar-refractivity contribution in [2.45, 2.75) is 70.1 Å². The molecule has 35 heavy (non-hydrogen) atoms. The molecule has 1 aliphatic heterocycles. The Morgan fingerprint density at radius 3 is 2.40 bits per heavy atom. The van der Waals surface area contributed by atoms with Crippen LogP contribution in [0.15, 0.2) is 66.7 Å². The lowest BCUT2D eigenvalue weighted by molar-refractivity contribution is -0.123. The number of nitrogens with zero attached hydrogens (tertiary/aromatic N) is 1. The molecule has 2 aliphatic rings. The second-order valence-corrected chi connectivity index (χ2v) is 9.85. The van der Waals surface area contributed by atoms with E-state index in [1.54, 1.807) is 0 Å². The van der Waals surface area contributed by atoms with Crippen LogP contribution in [0.5, 0.6) is 0 Å². The van der Waals surface area contributed by atoms with Gasteiger partial charge in [0.05, 0.1) is 18.8 Å². The van der Waals surface area contributed by atoms with Crippen LogP contribution in [0.3, 0.4) is 0 Å². The Balaban J connectivity index is 1.38. The van der Waals surface area contributed by atoms with Crippen LogP contribution >= 0.6 is 0 Å². The number of rotatable bonds is 11. The Bertz CT molecular complexity index is 980. The molecule has 1 aliphatic carbocycles. The van der Waals surface area contributed by atoms with Gasteiger partial charge in [0.2, 0.25) is 5.91 Å². The summed E-state index contributed by atoms with van der Waals surface area (Å²) >= 11 is 0. The highest BCUT2D eigenvalue weighted by molar-refractivity contribution is 5.87. The number of ketones is 1. The standard InChI is InChI=1S/C30H38N2O3/c31-29(34)14-8-2-1-7-13-26-28(21-27(33)30(26)32-19-9-4-10-20-32)35-22-23-15-17-25(18-16-23)24-11-5-3-6-12-24/h1,3,5-7,11-12,15-18,26,28,30H,2,4,8-10,13-14,19-22H2,(H2,31,34)/b7-1-/t26-,28-,30+/m0/s1. The minimum Gasteiger partial charge on any atom is -0.373 e. The second kappa shape index (κ2) is 12.8. The topological polar surface area (TPSA) is 72.6 Å². The van der Waals surface area contributed by atoms with Crippen molar-refractivity contribution in [3.05, 3.63) is 72.3 Å². The first-order valence-electron chi connectivity index (χ1n) is 13.1. The van der Waals surface area contributed by atoms with Crippen molar-refractivity contribution in [2.75, 3.05) is 13.1 Å². The largest absolute Gasteiger partial charge is 0.373 e. The van der Waals surface area contributed by atoms with E-state index in [4.69, 9.17) is 10.5 Å². The number of Topliss-reactive ketones (excluding diaryl/α,β-unsaturated/α-hetero) is 1. The number of likely N-dealkylation sites (tertiary alicyclic amines) is 1. The summed E-state index contributed by atoms with van der Waals surface area (Å²) in [6, 6.07) is 18.8. The lowest BCUT2D eigenvalue weighted by Crippen LogP contribution is -2.46. The van der Waals surface area contributed by atoms with E-state index < -0.39 is 0 Å². The highest BCUT2D eigenvalue weighted by Gasteiger charge is 2.45. The zero-order valence-corrected chi connectivity index (χ0v) is 20.6. The molecule has 0 unspecified atom stereocenters. The van der Waals surface area contributed by atoms with Crippen LogP contribution in [-0.4, -0.2) is 41.8 Å². The molecule has 2 aromatic rings. The van der Waals surface area contributed by atoms with Gasteiger partial charge in [0.25, 0.3) is 0 Å². The zero-order valence-electron chi connectivity index (χ0n) is 20.6. The molecule has 2 N–H and O–H groups in total. The lowest BCUT2D eigenvalue weighted by Gasteiger charge is -2.35. The number of ether oxygens (including phenoxy) is 1. The van der Waals surface area contributed by atoms with Gasteiger partial charge in [-0.3, -0.25) is 14.5 Å². The van der Waals surface area contributed by atoms with E-state index in [0.29, 0.717) is 25.2 Å². The van der Waals surface area contributed by atoms with E-state index in [1.165, 1.54) is 30.4 Å². The molecule has 1 saturated carbocycles. The molecular weight excluding hydrogens is 436 g/mol. The molecule has 0 radical (unpaired) electrons. The molecule has 1 saturated heterocycles. The van der Waals surface area contributed by atoms with E-state index >= 15 is 0 Å². The SMILES string of the molecule is NC(=O)CCC/C=C\C[C@H]1[C@@H](OCc2ccc(-c3ccccc3)cc2)CC(=O)[C@@H]1N1CCCCC1. The van der Waals surface area contributed by atoms with Crippen molar-refractivity contribution in [1.29, 1.82) is 0 Å². The lowest BCUT2D eigenvalue weighted by atomic mass is 9.93. The summed E-state index contributed by atoms with van der Waals surface area (Å²) in [6.45, 7) is 2.52. The Morgan fingerprint density at radius 1 is 0.971 bits per heavy atom. The van der Waals surface area contributed by atoms with Crippen molar-refractivity contribution in [3.63, 3.8) is 0 Å². The van der Waals surface area contributed by atoms with E-state index in [-0.39, 0.29) is 24.0 Å². The van der Waals surface area contributed by atoms with Gasteiger partial charge in [0, 0.05) is 18.8 Å². The monoisotopic (exact) mass is 474 g/mol. The molecule has 0 bridgehead atoms. The van der Waals surface area contributed by atoms with Gasteiger partial charge in [-0.25, -0.2) is 0 Å². The van der Waals surface area contributed by atoms with Gasteiger partial charge < -0.3 is 10.5 Å². The minimum atomic E-state index is -0.254. The third kappa shape index (κ3) is 7.12. The maximum absolute atomic E-state index is 13.1. The van der Waals surface area contributed by atoms with Gasteiger partial charge in [0.1, 0.15) is 0 Å². The maximum Gasteiger partial charge on any atom is 0.217 e. The molecule has 5 nitrogen and oxygen atoms in total. The van der Waals surface area contributed by atoms with Gasteiger partial charge in [-0.05, 0) is 61.9 Å². The van der Waals surface area contributed by atoms with Crippen molar-refractivity contribution < 1.29 is 14.3 Å². The summed E-state index contributed by atoms with van der Waals surface area (Å²) in [4.78, 5) is 26.5. The number of hydrogen-bond donors (Lipinski definition) is 1. The molecule has 1 heterocycles. The first kappa shape index (κ1) is 25.3. The van der Waals surface area contributed by atoms with E-state index in [2.05, 4.69) is 65.6 Å². The normalized spacial score (nSPS) is 23.2. The van der Waals surface area contributed by atoms with E-state index in [1.807, 2.05) is 6.07 Å². The number of hydrogen-bond acceptors (Lipinski definition) is 4. The van der Waals surface area contributed by atoms with E-state index in [0.717, 1.165) is 37.9 Å². The van der Waals surface area contributed by atoms with Gasteiger partial charge in [-0.1, -0.05) is 73.2 Å². The first-order valence-corrected chi connectivity index (χ1v) is 13.1. The average Bonchev–Trinajstić information content (AvgIpc) is 3.20. The highest BCUT2D eigenvalue weighted by atomic mass is 16.5. The fourth-order valence-corrected chi connectivity index (χ4v) is 5.44. The zero-order chi connectivity index (χ0) is 24.5. The molecule has 2 fully saturated rings. The molecule has 2 aromatic carbocycles. The van der Waals surface area contributed by atoms with Gasteiger partial charge >= 0.3 is 0 Å². The summed E-state index contributed by atoms with van der Waals surface area (Å²) in [5, 5.41) is 0. The molecule has 3 atom stereocenters. The summed E-state index contributed by atoms with van der Waals surface area (Å²) in [7, 11) is 0. The molecular formula is C30H38N2O3. The van der Waals surface area contributed by atoms with Crippen LogP contribution in [0.4, 0.5) is 0 Å². The van der Waals surface area contributed by atoms with Gasteiger partial charge in [-0.15, -0.1) is 0 Å². The first-order chi connectivity index (χ1) is 17.1. The molecule has 0 spiro atoms. The number of carbonyl (C=O) groups excluding carboxylic acids is 2. The summed E-state index contributed by atoms with van der Waals surface area (Å²) in [6.07, 6.45) is 11.1. The summed E-state index contributed by atoms with van der Waals surface area (Å²) in [5.74, 6) is 0.232. The van der Waals surface area contributed by atoms with Crippen LogP contribution in [0.2, 0.25) is 0 Å². The number of primary amides is 1. The summed E-state index contributed by atoms with van der Waals surface area (Å²) < 4.78 is 6.41. The van der Waals surface area contributed by atoms with Gasteiger partial charge in [0.15, 0.2) is 5.78 Å². The maximum atomic E-state index is 13.1. The third-order valence-corrected chi connectivity index (χ3v) is 7.29. The van der Waals surface area contributed by atoms with Gasteiger partial charge in [-0.2, -0.15) is 0 Å². The number of nitrogens with two attached hydrogens (primary N) is 1. The number of carbonyl (C=O) groups is 2. The molecule has 4 rings (SSSR count). The third-order valence-electron chi connectivity index (χ3n) is 7.29. The van der Waals surface area contributed by atoms with Crippen molar-refractivity contribution in [3.8, 4) is 11.1 Å². The van der Waals surface area contributed by atoms with E-state index in [9.17, 15) is 9.59 Å². The number of unbranched alkanes of at least 4 members (excludes halogenated alkanes) is 1. The number of amides is 1. The number of allylic oxidation sites excluding steroid dienone is 2. The Labute approximate surface area is 209 Å². The van der Waals surface area contributed by atoms with Crippen molar-refractivity contribution in [1.82, 2.24) is 4.90 Å². The van der Waals surface area contributed by atoms with Crippen LogP contribution in [0, 0.1) is 5.92 Å². The Hall–Kier alpha value is -2.76. The summed E-state index contributed by atoms with van der Waals surface area (Å²) in [5.41, 5.74) is 8.75. The predicted molar refractivity (Wildman–Crippen MR) is 140 cm³/mol. The Morgan fingerprint density at radius 2 is 1.69 bits per heavy atom. The molecule has 1 amide bonds. The van der Waals surface area contributed by atoms with Crippen molar-refractivity contribution in [2.24, 2.45) is 11.7 Å². The highest BCUT2D eigenvalue weighted by Crippen LogP contribution is 2.35. The molecule has 186 valence electrons. The molecule has 0 aromatic heterocycles. The van der Waals surface area contributed by atoms with Crippen LogP contribution in [0.25, 0.3) is 11.1 Å². The average molecular weight is 475 g/mol.